The minimum atomic E-state index is -0.901. The highest BCUT2D eigenvalue weighted by Gasteiger charge is 2.31. The molecule has 0 aromatic heterocycles. The summed E-state index contributed by atoms with van der Waals surface area (Å²) in [5.74, 6) is -0.184. The fourth-order valence-corrected chi connectivity index (χ4v) is 3.80. The number of nitrogens with one attached hydrogen (secondary N) is 1. The molecule has 5 nitrogen and oxygen atoms in total. The summed E-state index contributed by atoms with van der Waals surface area (Å²) < 4.78 is 0. The van der Waals surface area contributed by atoms with Crippen molar-refractivity contribution in [2.24, 2.45) is 5.73 Å². The molecule has 2 aromatic carbocycles. The first-order chi connectivity index (χ1) is 13.4. The molecule has 3 rings (SSSR count). The number of carbonyl (C=O) groups is 2. The zero-order valence-electron chi connectivity index (χ0n) is 17.1. The summed E-state index contributed by atoms with van der Waals surface area (Å²) in [6.07, 6.45) is 3.44. The molecule has 0 saturated carbocycles. The molecule has 1 aliphatic heterocycles. The molecule has 3 N–H and O–H groups in total. The molecule has 0 aliphatic carbocycles. The predicted molar refractivity (Wildman–Crippen MR) is 119 cm³/mol. The number of carbonyl (C=O) groups excluding carboxylic acids is 2. The Balaban J connectivity index is 0.00000300. The summed E-state index contributed by atoms with van der Waals surface area (Å²) in [4.78, 5) is 27.3. The average Bonchev–Trinajstić information content (AvgIpc) is 3.18. The minimum absolute atomic E-state index is 0. The smallest absolute Gasteiger partial charge is 0.254 e. The maximum absolute atomic E-state index is 13.0. The van der Waals surface area contributed by atoms with Gasteiger partial charge in [-0.15, -0.1) is 12.4 Å². The minimum Gasteiger partial charge on any atom is -0.332 e. The van der Waals surface area contributed by atoms with Crippen LogP contribution >= 0.6 is 12.4 Å². The van der Waals surface area contributed by atoms with Crippen molar-refractivity contribution in [1.82, 2.24) is 4.90 Å². The summed E-state index contributed by atoms with van der Waals surface area (Å²) in [7, 11) is 0. The fourth-order valence-electron chi connectivity index (χ4n) is 3.80. The van der Waals surface area contributed by atoms with Crippen molar-refractivity contribution in [2.45, 2.75) is 51.1 Å². The quantitative estimate of drug-likeness (QED) is 0.727. The van der Waals surface area contributed by atoms with E-state index in [2.05, 4.69) is 17.4 Å². The van der Waals surface area contributed by atoms with Crippen LogP contribution in [0.5, 0.6) is 0 Å². The standard InChI is InChI=1S/C23H29N3O2.ClH/c1-3-15-23(2,24)22(28)25-19-13-11-18(12-14-19)21(27)26-16-7-10-20(26)17-8-5-4-6-9-17;/h4-6,8-9,11-14,20H,3,7,10,15-16,24H2,1-2H3,(H,25,28);1H. The molecular formula is C23H30ClN3O2. The highest BCUT2D eigenvalue weighted by atomic mass is 35.5. The van der Waals surface area contributed by atoms with Crippen molar-refractivity contribution in [3.05, 3.63) is 65.7 Å². The maximum Gasteiger partial charge on any atom is 0.254 e. The number of rotatable bonds is 6. The van der Waals surface area contributed by atoms with Crippen molar-refractivity contribution in [3.8, 4) is 0 Å². The molecule has 156 valence electrons. The Bertz CT molecular complexity index is 822. The Morgan fingerprint density at radius 2 is 1.79 bits per heavy atom. The summed E-state index contributed by atoms with van der Waals surface area (Å²) in [5, 5.41) is 2.85. The van der Waals surface area contributed by atoms with E-state index < -0.39 is 5.54 Å². The van der Waals surface area contributed by atoms with Gasteiger partial charge in [-0.3, -0.25) is 9.59 Å². The van der Waals surface area contributed by atoms with E-state index in [0.717, 1.165) is 25.8 Å². The van der Waals surface area contributed by atoms with Gasteiger partial charge in [-0.25, -0.2) is 0 Å². The first kappa shape index (κ1) is 22.9. The lowest BCUT2D eigenvalue weighted by atomic mass is 9.96. The summed E-state index contributed by atoms with van der Waals surface area (Å²) in [6, 6.07) is 17.4. The first-order valence-corrected chi connectivity index (χ1v) is 9.98. The molecule has 2 atom stereocenters. The number of benzene rings is 2. The van der Waals surface area contributed by atoms with E-state index in [1.165, 1.54) is 5.56 Å². The SMILES string of the molecule is CCCC(C)(N)C(=O)Nc1ccc(C(=O)N2CCCC2c2ccccc2)cc1.Cl. The normalized spacial score (nSPS) is 17.9. The third-order valence-corrected chi connectivity index (χ3v) is 5.38. The Morgan fingerprint density at radius 1 is 1.14 bits per heavy atom. The lowest BCUT2D eigenvalue weighted by Gasteiger charge is -2.25. The zero-order valence-corrected chi connectivity index (χ0v) is 17.9. The van der Waals surface area contributed by atoms with Crippen LogP contribution in [-0.2, 0) is 4.79 Å². The van der Waals surface area contributed by atoms with Crippen LogP contribution < -0.4 is 11.1 Å². The van der Waals surface area contributed by atoms with E-state index in [9.17, 15) is 9.59 Å². The molecule has 0 radical (unpaired) electrons. The van der Waals surface area contributed by atoms with Gasteiger partial charge in [0.05, 0.1) is 11.6 Å². The van der Waals surface area contributed by atoms with Crippen molar-refractivity contribution in [1.29, 1.82) is 0 Å². The van der Waals surface area contributed by atoms with Crippen LogP contribution in [0.25, 0.3) is 0 Å². The second-order valence-electron chi connectivity index (χ2n) is 7.77. The number of hydrogen-bond acceptors (Lipinski definition) is 3. The summed E-state index contributed by atoms with van der Waals surface area (Å²) in [6.45, 7) is 4.50. The molecular weight excluding hydrogens is 386 g/mol. The second kappa shape index (κ2) is 9.90. The van der Waals surface area contributed by atoms with Crippen LogP contribution in [0.2, 0.25) is 0 Å². The Labute approximate surface area is 179 Å². The molecule has 2 unspecified atom stereocenters. The van der Waals surface area contributed by atoms with Crippen LogP contribution in [0.15, 0.2) is 54.6 Å². The van der Waals surface area contributed by atoms with E-state index >= 15 is 0 Å². The van der Waals surface area contributed by atoms with E-state index in [-0.39, 0.29) is 30.3 Å². The van der Waals surface area contributed by atoms with E-state index in [4.69, 9.17) is 5.73 Å². The third-order valence-electron chi connectivity index (χ3n) is 5.38. The van der Waals surface area contributed by atoms with Gasteiger partial charge in [0, 0.05) is 17.8 Å². The third kappa shape index (κ3) is 5.37. The number of hydrogen-bond donors (Lipinski definition) is 2. The zero-order chi connectivity index (χ0) is 20.1. The molecule has 29 heavy (non-hydrogen) atoms. The fraction of sp³-hybridized carbons (Fsp3) is 0.391. The summed E-state index contributed by atoms with van der Waals surface area (Å²) >= 11 is 0. The van der Waals surface area contributed by atoms with E-state index in [1.807, 2.05) is 30.0 Å². The van der Waals surface area contributed by atoms with Crippen LogP contribution in [-0.4, -0.2) is 28.8 Å². The van der Waals surface area contributed by atoms with Gasteiger partial charge in [-0.05, 0) is 56.0 Å². The topological polar surface area (TPSA) is 75.4 Å². The van der Waals surface area contributed by atoms with Crippen LogP contribution in [0.4, 0.5) is 5.69 Å². The van der Waals surface area contributed by atoms with Gasteiger partial charge in [0.15, 0.2) is 0 Å². The van der Waals surface area contributed by atoms with E-state index in [0.29, 0.717) is 17.7 Å². The molecule has 1 fully saturated rings. The molecule has 1 saturated heterocycles. The molecule has 0 bridgehead atoms. The number of nitrogens with two attached hydrogens (primary N) is 1. The Morgan fingerprint density at radius 3 is 2.41 bits per heavy atom. The van der Waals surface area contributed by atoms with Crippen molar-refractivity contribution in [2.75, 3.05) is 11.9 Å². The van der Waals surface area contributed by atoms with Gasteiger partial charge in [0.1, 0.15) is 0 Å². The van der Waals surface area contributed by atoms with Crippen molar-refractivity contribution in [3.63, 3.8) is 0 Å². The van der Waals surface area contributed by atoms with Gasteiger partial charge < -0.3 is 16.0 Å². The molecule has 2 amide bonds. The van der Waals surface area contributed by atoms with Gasteiger partial charge in [-0.2, -0.15) is 0 Å². The summed E-state index contributed by atoms with van der Waals surface area (Å²) in [5.41, 5.74) is 7.63. The molecule has 0 spiro atoms. The van der Waals surface area contributed by atoms with Gasteiger partial charge in [0.2, 0.25) is 5.91 Å². The van der Waals surface area contributed by atoms with Crippen LogP contribution in [0.3, 0.4) is 0 Å². The van der Waals surface area contributed by atoms with Crippen molar-refractivity contribution < 1.29 is 9.59 Å². The molecule has 1 heterocycles. The molecule has 6 heteroatoms. The molecule has 1 aliphatic rings. The van der Waals surface area contributed by atoms with Gasteiger partial charge in [-0.1, -0.05) is 43.7 Å². The lowest BCUT2D eigenvalue weighted by molar-refractivity contribution is -0.120. The maximum atomic E-state index is 13.0. The number of halogens is 1. The lowest BCUT2D eigenvalue weighted by Crippen LogP contribution is -2.48. The largest absolute Gasteiger partial charge is 0.332 e. The number of anilines is 1. The highest BCUT2D eigenvalue weighted by Crippen LogP contribution is 2.33. The van der Waals surface area contributed by atoms with Crippen LogP contribution in [0.1, 0.15) is 61.5 Å². The second-order valence-corrected chi connectivity index (χ2v) is 7.77. The average molecular weight is 416 g/mol. The Hall–Kier alpha value is -2.37. The number of nitrogens with zero attached hydrogens (tertiary/aromatic N) is 1. The Kier molecular flexibility index (Phi) is 7.82. The van der Waals surface area contributed by atoms with Gasteiger partial charge >= 0.3 is 0 Å². The van der Waals surface area contributed by atoms with Gasteiger partial charge in [0.25, 0.3) is 5.91 Å². The van der Waals surface area contributed by atoms with E-state index in [1.54, 1.807) is 31.2 Å². The van der Waals surface area contributed by atoms with Crippen molar-refractivity contribution >= 4 is 29.9 Å². The number of likely N-dealkylation sites (tertiary alicyclic amines) is 1. The highest BCUT2D eigenvalue weighted by molar-refractivity contribution is 5.99. The van der Waals surface area contributed by atoms with Crippen LogP contribution in [0, 0.1) is 0 Å². The predicted octanol–water partition coefficient (Wildman–Crippen LogP) is 4.54. The molecule has 2 aromatic rings. The number of amides is 2. The first-order valence-electron chi connectivity index (χ1n) is 9.98. The monoisotopic (exact) mass is 415 g/mol.